The smallest absolute Gasteiger partial charge is 0.107 e. The Morgan fingerprint density at radius 1 is 1.21 bits per heavy atom. The van der Waals surface area contributed by atoms with Gasteiger partial charge in [-0.15, -0.1) is 0 Å². The molecule has 0 amide bonds. The average Bonchev–Trinajstić information content (AvgIpc) is 2.19. The van der Waals surface area contributed by atoms with Crippen molar-refractivity contribution >= 4 is 17.2 Å². The molecular formula is C10H9N3O. The molecule has 70 valence electrons. The van der Waals surface area contributed by atoms with Crippen molar-refractivity contribution in [3.05, 3.63) is 35.7 Å². The molecule has 0 spiro atoms. The van der Waals surface area contributed by atoms with E-state index in [1.54, 1.807) is 0 Å². The van der Waals surface area contributed by atoms with Crippen molar-refractivity contribution in [1.82, 2.24) is 9.97 Å². The summed E-state index contributed by atoms with van der Waals surface area (Å²) in [6.07, 6.45) is 1.29. The van der Waals surface area contributed by atoms with E-state index in [-0.39, 0.29) is 0 Å². The second-order valence-corrected chi connectivity index (χ2v) is 2.93. The first-order chi connectivity index (χ1) is 6.81. The Balaban J connectivity index is 2.70. The number of hydrogen-bond donors (Lipinski definition) is 1. The predicted octanol–water partition coefficient (Wildman–Crippen LogP) is 1.75. The van der Waals surface area contributed by atoms with Gasteiger partial charge in [0, 0.05) is 0 Å². The van der Waals surface area contributed by atoms with Gasteiger partial charge in [-0.05, 0) is 19.1 Å². The molecule has 2 rings (SSSR count). The van der Waals surface area contributed by atoms with E-state index in [2.05, 4.69) is 15.1 Å². The van der Waals surface area contributed by atoms with Crippen molar-refractivity contribution in [2.75, 3.05) is 0 Å². The monoisotopic (exact) mass is 187 g/mol. The SMILES string of the molecule is Cc1nc2ccccc2nc1/C=N/O. The molecule has 0 aliphatic rings. The molecule has 4 nitrogen and oxygen atoms in total. The van der Waals surface area contributed by atoms with E-state index in [1.807, 2.05) is 31.2 Å². The lowest BCUT2D eigenvalue weighted by atomic mass is 10.2. The molecule has 1 N–H and O–H groups in total. The van der Waals surface area contributed by atoms with E-state index in [0.29, 0.717) is 5.69 Å². The number of fused-ring (bicyclic) bond motifs is 1. The van der Waals surface area contributed by atoms with Crippen LogP contribution < -0.4 is 0 Å². The minimum absolute atomic E-state index is 0.589. The van der Waals surface area contributed by atoms with Gasteiger partial charge in [0.25, 0.3) is 0 Å². The Labute approximate surface area is 80.9 Å². The molecule has 0 fully saturated rings. The highest BCUT2D eigenvalue weighted by atomic mass is 16.4. The number of benzene rings is 1. The summed E-state index contributed by atoms with van der Waals surface area (Å²) < 4.78 is 0. The Hall–Kier alpha value is -1.97. The van der Waals surface area contributed by atoms with Gasteiger partial charge in [0.15, 0.2) is 0 Å². The third-order valence-electron chi connectivity index (χ3n) is 1.96. The molecule has 1 aromatic heterocycles. The number of aryl methyl sites for hydroxylation is 1. The summed E-state index contributed by atoms with van der Waals surface area (Å²) in [5, 5.41) is 11.4. The minimum Gasteiger partial charge on any atom is -0.411 e. The molecule has 0 bridgehead atoms. The highest BCUT2D eigenvalue weighted by molar-refractivity contribution is 5.83. The van der Waals surface area contributed by atoms with E-state index in [1.165, 1.54) is 6.21 Å². The second-order valence-electron chi connectivity index (χ2n) is 2.93. The van der Waals surface area contributed by atoms with Crippen molar-refractivity contribution < 1.29 is 5.21 Å². The van der Waals surface area contributed by atoms with Gasteiger partial charge in [0.1, 0.15) is 5.69 Å². The Morgan fingerprint density at radius 3 is 2.50 bits per heavy atom. The summed E-state index contributed by atoms with van der Waals surface area (Å²) in [7, 11) is 0. The van der Waals surface area contributed by atoms with Crippen molar-refractivity contribution in [2.45, 2.75) is 6.92 Å². The van der Waals surface area contributed by atoms with Gasteiger partial charge in [-0.2, -0.15) is 0 Å². The largest absolute Gasteiger partial charge is 0.411 e. The molecule has 0 aliphatic carbocycles. The number of rotatable bonds is 1. The van der Waals surface area contributed by atoms with Crippen LogP contribution in [0.2, 0.25) is 0 Å². The highest BCUT2D eigenvalue weighted by Crippen LogP contribution is 2.10. The number of aromatic nitrogens is 2. The molecule has 14 heavy (non-hydrogen) atoms. The maximum Gasteiger partial charge on any atom is 0.107 e. The lowest BCUT2D eigenvalue weighted by molar-refractivity contribution is 0.321. The molecule has 1 aromatic carbocycles. The minimum atomic E-state index is 0.589. The Bertz CT molecular complexity index is 494. The number of oxime groups is 1. The maximum atomic E-state index is 8.42. The lowest BCUT2D eigenvalue weighted by Gasteiger charge is -2.00. The Kier molecular flexibility index (Phi) is 2.10. The predicted molar refractivity (Wildman–Crippen MR) is 53.7 cm³/mol. The van der Waals surface area contributed by atoms with Crippen LogP contribution in [0, 0.1) is 6.92 Å². The van der Waals surface area contributed by atoms with E-state index in [4.69, 9.17) is 5.21 Å². The quantitative estimate of drug-likeness (QED) is 0.420. The topological polar surface area (TPSA) is 58.4 Å². The fraction of sp³-hybridized carbons (Fsp3) is 0.100. The van der Waals surface area contributed by atoms with Crippen molar-refractivity contribution in [1.29, 1.82) is 0 Å². The molecular weight excluding hydrogens is 178 g/mol. The first-order valence-corrected chi connectivity index (χ1v) is 4.22. The van der Waals surface area contributed by atoms with Crippen LogP contribution in [0.3, 0.4) is 0 Å². The van der Waals surface area contributed by atoms with Gasteiger partial charge in [0.2, 0.25) is 0 Å². The molecule has 0 radical (unpaired) electrons. The van der Waals surface area contributed by atoms with Crippen molar-refractivity contribution in [3.8, 4) is 0 Å². The van der Waals surface area contributed by atoms with Gasteiger partial charge in [-0.1, -0.05) is 17.3 Å². The molecule has 1 heterocycles. The molecule has 0 unspecified atom stereocenters. The average molecular weight is 187 g/mol. The van der Waals surface area contributed by atoms with Crippen LogP contribution >= 0.6 is 0 Å². The number of nitrogens with zero attached hydrogens (tertiary/aromatic N) is 3. The molecule has 0 atom stereocenters. The van der Waals surface area contributed by atoms with Crippen LogP contribution in [0.5, 0.6) is 0 Å². The van der Waals surface area contributed by atoms with E-state index < -0.39 is 0 Å². The van der Waals surface area contributed by atoms with Gasteiger partial charge in [0.05, 0.1) is 22.9 Å². The fourth-order valence-electron chi connectivity index (χ4n) is 1.28. The van der Waals surface area contributed by atoms with Crippen molar-refractivity contribution in [2.24, 2.45) is 5.16 Å². The molecule has 0 aliphatic heterocycles. The van der Waals surface area contributed by atoms with E-state index >= 15 is 0 Å². The summed E-state index contributed by atoms with van der Waals surface area (Å²) in [5.74, 6) is 0. The van der Waals surface area contributed by atoms with Crippen LogP contribution in [0.4, 0.5) is 0 Å². The van der Waals surface area contributed by atoms with Crippen molar-refractivity contribution in [3.63, 3.8) is 0 Å². The molecule has 2 aromatic rings. The fourth-order valence-corrected chi connectivity index (χ4v) is 1.28. The van der Waals surface area contributed by atoms with Gasteiger partial charge in [-0.25, -0.2) is 9.97 Å². The summed E-state index contributed by atoms with van der Waals surface area (Å²) in [6.45, 7) is 1.83. The van der Waals surface area contributed by atoms with Crippen LogP contribution in [0.15, 0.2) is 29.4 Å². The van der Waals surface area contributed by atoms with Gasteiger partial charge >= 0.3 is 0 Å². The molecule has 4 heteroatoms. The third kappa shape index (κ3) is 1.42. The zero-order chi connectivity index (χ0) is 9.97. The first-order valence-electron chi connectivity index (χ1n) is 4.22. The molecule has 0 saturated heterocycles. The zero-order valence-corrected chi connectivity index (χ0v) is 7.68. The van der Waals surface area contributed by atoms with Gasteiger partial charge < -0.3 is 5.21 Å². The number of para-hydroxylation sites is 2. The molecule has 0 saturated carbocycles. The second kappa shape index (κ2) is 3.41. The third-order valence-corrected chi connectivity index (χ3v) is 1.96. The van der Waals surface area contributed by atoms with Crippen LogP contribution in [-0.4, -0.2) is 21.4 Å². The van der Waals surface area contributed by atoms with Crippen LogP contribution in [-0.2, 0) is 0 Å². The standard InChI is InChI=1S/C10H9N3O/c1-7-10(6-11-14)13-9-5-3-2-4-8(9)12-7/h2-6,14H,1H3/b11-6+. The van der Waals surface area contributed by atoms with Gasteiger partial charge in [-0.3, -0.25) is 0 Å². The van der Waals surface area contributed by atoms with Crippen LogP contribution in [0.25, 0.3) is 11.0 Å². The number of hydrogen-bond acceptors (Lipinski definition) is 4. The zero-order valence-electron chi connectivity index (χ0n) is 7.68. The first kappa shape index (κ1) is 8.62. The summed E-state index contributed by atoms with van der Waals surface area (Å²) >= 11 is 0. The van der Waals surface area contributed by atoms with E-state index in [0.717, 1.165) is 16.7 Å². The Morgan fingerprint density at radius 2 is 1.86 bits per heavy atom. The highest BCUT2D eigenvalue weighted by Gasteiger charge is 2.01. The van der Waals surface area contributed by atoms with E-state index in [9.17, 15) is 0 Å². The summed E-state index contributed by atoms with van der Waals surface area (Å²) in [6, 6.07) is 7.58. The maximum absolute atomic E-state index is 8.42. The lowest BCUT2D eigenvalue weighted by Crippen LogP contribution is -1.97. The summed E-state index contributed by atoms with van der Waals surface area (Å²) in [4.78, 5) is 8.62. The van der Waals surface area contributed by atoms with Crippen LogP contribution in [0.1, 0.15) is 11.4 Å². The summed E-state index contributed by atoms with van der Waals surface area (Å²) in [5.41, 5.74) is 2.99. The normalized spacial score (nSPS) is 11.2.